The molecule has 9 rings (SSSR count). The molecule has 0 aliphatic heterocycles. The maximum absolute atomic E-state index is 6.62. The Bertz CT molecular complexity index is 2550. The van der Waals surface area contributed by atoms with Crippen molar-refractivity contribution >= 4 is 55.2 Å². The minimum absolute atomic E-state index is 0.146. The largest absolute Gasteiger partial charge is 0.307 e. The molecule has 0 bridgehead atoms. The van der Waals surface area contributed by atoms with Gasteiger partial charge >= 0.3 is 0 Å². The molecule has 0 saturated carbocycles. The van der Waals surface area contributed by atoms with Gasteiger partial charge in [0, 0.05) is 32.8 Å². The van der Waals surface area contributed by atoms with Crippen LogP contribution in [0.2, 0.25) is 5.28 Å². The van der Waals surface area contributed by atoms with Crippen molar-refractivity contribution in [3.63, 3.8) is 0 Å². The van der Waals surface area contributed by atoms with Gasteiger partial charge in [-0.25, -0.2) is 0 Å². The molecule has 9 aromatic rings. The molecule has 3 aromatic heterocycles. The van der Waals surface area contributed by atoms with E-state index in [9.17, 15) is 0 Å². The lowest BCUT2D eigenvalue weighted by molar-refractivity contribution is 0.947. The van der Waals surface area contributed by atoms with E-state index in [1.165, 1.54) is 10.9 Å². The second kappa shape index (κ2) is 10.2. The van der Waals surface area contributed by atoms with Gasteiger partial charge in [-0.15, -0.1) is 0 Å². The summed E-state index contributed by atoms with van der Waals surface area (Å²) in [5.41, 5.74) is 8.49. The number of hydrogen-bond acceptors (Lipinski definition) is 3. The number of fused-ring (bicyclic) bond motifs is 7. The summed E-state index contributed by atoms with van der Waals surface area (Å²) in [6.45, 7) is 0. The summed E-state index contributed by atoms with van der Waals surface area (Å²) in [6.07, 6.45) is 0. The highest BCUT2D eigenvalue weighted by molar-refractivity contribution is 6.28. The minimum Gasteiger partial charge on any atom is -0.307 e. The highest BCUT2D eigenvalue weighted by Gasteiger charge is 2.23. The van der Waals surface area contributed by atoms with Crippen LogP contribution in [0, 0.1) is 0 Å². The minimum atomic E-state index is 0.146. The zero-order valence-corrected chi connectivity index (χ0v) is 24.7. The van der Waals surface area contributed by atoms with Crippen LogP contribution in [0.3, 0.4) is 0 Å². The highest BCUT2D eigenvalue weighted by atomic mass is 35.5. The predicted octanol–water partition coefficient (Wildman–Crippen LogP) is 10.1. The summed E-state index contributed by atoms with van der Waals surface area (Å²) in [6, 6.07) is 50.6. The molecule has 0 aliphatic carbocycles. The molecule has 0 radical (unpaired) electrons. The van der Waals surface area contributed by atoms with Gasteiger partial charge in [0.1, 0.15) is 0 Å². The maximum Gasteiger partial charge on any atom is 0.239 e. The standard InChI is InChI=1S/C39H24ClN5/c40-38-41-37(26-14-5-2-6-15-26)42-39(43-38)45-34-21-10-8-19-30(34)32-23-22-31-29-18-7-9-20-33(29)44(35(31)36(32)45)28-17-11-16-27(24-28)25-12-3-1-4-13-25/h1-24H. The molecule has 0 saturated heterocycles. The first kappa shape index (κ1) is 25.7. The van der Waals surface area contributed by atoms with Crippen molar-refractivity contribution in [2.45, 2.75) is 0 Å². The lowest BCUT2D eigenvalue weighted by Gasteiger charge is -2.13. The van der Waals surface area contributed by atoms with E-state index in [-0.39, 0.29) is 5.28 Å². The third-order valence-corrected chi connectivity index (χ3v) is 8.68. The third-order valence-electron chi connectivity index (χ3n) is 8.51. The average molecular weight is 598 g/mol. The fourth-order valence-corrected chi connectivity index (χ4v) is 6.74. The molecule has 0 atom stereocenters. The molecule has 3 heterocycles. The zero-order valence-electron chi connectivity index (χ0n) is 24.0. The first-order valence-corrected chi connectivity index (χ1v) is 15.2. The van der Waals surface area contributed by atoms with Crippen molar-refractivity contribution in [3.8, 4) is 34.2 Å². The molecule has 5 nitrogen and oxygen atoms in total. The van der Waals surface area contributed by atoms with Crippen LogP contribution in [-0.2, 0) is 0 Å². The van der Waals surface area contributed by atoms with E-state index in [2.05, 4.69) is 123 Å². The van der Waals surface area contributed by atoms with Gasteiger partial charge in [-0.3, -0.25) is 4.57 Å². The quantitative estimate of drug-likeness (QED) is 0.203. The Balaban J connectivity index is 1.43. The van der Waals surface area contributed by atoms with E-state index in [1.807, 2.05) is 36.4 Å². The number of benzene rings is 6. The summed E-state index contributed by atoms with van der Waals surface area (Å²) < 4.78 is 4.51. The Labute approximate surface area is 263 Å². The van der Waals surface area contributed by atoms with Crippen molar-refractivity contribution in [1.82, 2.24) is 24.1 Å². The molecule has 0 N–H and O–H groups in total. The number of nitrogens with zero attached hydrogens (tertiary/aromatic N) is 5. The Morgan fingerprint density at radius 2 is 0.978 bits per heavy atom. The molecule has 6 aromatic carbocycles. The van der Waals surface area contributed by atoms with Crippen molar-refractivity contribution in [3.05, 3.63) is 151 Å². The lowest BCUT2D eigenvalue weighted by atomic mass is 10.1. The second-order valence-electron chi connectivity index (χ2n) is 11.1. The van der Waals surface area contributed by atoms with Gasteiger partial charge < -0.3 is 4.57 Å². The average Bonchev–Trinajstić information content (AvgIpc) is 3.62. The monoisotopic (exact) mass is 597 g/mol. The lowest BCUT2D eigenvalue weighted by Crippen LogP contribution is -2.06. The van der Waals surface area contributed by atoms with Gasteiger partial charge in [-0.05, 0) is 47.0 Å². The number of para-hydroxylation sites is 2. The van der Waals surface area contributed by atoms with Crippen molar-refractivity contribution in [1.29, 1.82) is 0 Å². The van der Waals surface area contributed by atoms with Crippen LogP contribution >= 0.6 is 11.6 Å². The summed E-state index contributed by atoms with van der Waals surface area (Å²) >= 11 is 6.62. The molecule has 0 amide bonds. The highest BCUT2D eigenvalue weighted by Crippen LogP contribution is 2.41. The number of halogens is 1. The molecular weight excluding hydrogens is 574 g/mol. The van der Waals surface area contributed by atoms with Crippen molar-refractivity contribution in [2.24, 2.45) is 0 Å². The maximum atomic E-state index is 6.62. The fourth-order valence-electron chi connectivity index (χ4n) is 6.59. The van der Waals surface area contributed by atoms with Crippen LogP contribution in [0.25, 0.3) is 77.8 Å². The molecule has 45 heavy (non-hydrogen) atoms. The summed E-state index contributed by atoms with van der Waals surface area (Å²) in [7, 11) is 0. The van der Waals surface area contributed by atoms with Gasteiger partial charge in [0.05, 0.1) is 22.1 Å². The molecule has 6 heteroatoms. The normalized spacial score (nSPS) is 11.7. The van der Waals surface area contributed by atoms with Crippen LogP contribution in [-0.4, -0.2) is 24.1 Å². The Kier molecular flexibility index (Phi) is 5.80. The molecule has 0 aliphatic rings. The van der Waals surface area contributed by atoms with E-state index in [0.29, 0.717) is 11.8 Å². The van der Waals surface area contributed by atoms with E-state index < -0.39 is 0 Å². The Morgan fingerprint density at radius 3 is 1.67 bits per heavy atom. The number of hydrogen-bond donors (Lipinski definition) is 0. The van der Waals surface area contributed by atoms with Crippen molar-refractivity contribution in [2.75, 3.05) is 0 Å². The first-order chi connectivity index (χ1) is 22.2. The summed E-state index contributed by atoms with van der Waals surface area (Å²) in [4.78, 5) is 14.2. The molecule has 0 fully saturated rings. The van der Waals surface area contributed by atoms with Crippen LogP contribution in [0.1, 0.15) is 0 Å². The Hall–Kier alpha value is -5.78. The molecule has 0 unspecified atom stereocenters. The smallest absolute Gasteiger partial charge is 0.239 e. The zero-order chi connectivity index (χ0) is 29.9. The van der Waals surface area contributed by atoms with Gasteiger partial charge in [0.25, 0.3) is 0 Å². The van der Waals surface area contributed by atoms with Gasteiger partial charge in [-0.2, -0.15) is 15.0 Å². The van der Waals surface area contributed by atoms with E-state index in [1.54, 1.807) is 0 Å². The van der Waals surface area contributed by atoms with Gasteiger partial charge in [0.2, 0.25) is 11.2 Å². The third kappa shape index (κ3) is 4.05. The summed E-state index contributed by atoms with van der Waals surface area (Å²) in [5, 5.41) is 4.69. The SMILES string of the molecule is Clc1nc(-c2ccccc2)nc(-n2c3ccccc3c3ccc4c5ccccc5n(-c5cccc(-c6ccccc6)c5)c4c32)n1. The van der Waals surface area contributed by atoms with Crippen LogP contribution in [0.4, 0.5) is 0 Å². The van der Waals surface area contributed by atoms with Gasteiger partial charge in [-0.1, -0.05) is 121 Å². The molecule has 0 spiro atoms. The number of rotatable bonds is 4. The second-order valence-corrected chi connectivity index (χ2v) is 11.4. The Morgan fingerprint density at radius 1 is 0.422 bits per heavy atom. The predicted molar refractivity (Wildman–Crippen MR) is 184 cm³/mol. The van der Waals surface area contributed by atoms with Gasteiger partial charge in [0.15, 0.2) is 5.82 Å². The number of aromatic nitrogens is 5. The van der Waals surface area contributed by atoms with Crippen LogP contribution in [0.5, 0.6) is 0 Å². The van der Waals surface area contributed by atoms with E-state index >= 15 is 0 Å². The molecule has 212 valence electrons. The first-order valence-electron chi connectivity index (χ1n) is 14.8. The summed E-state index contributed by atoms with van der Waals surface area (Å²) in [5.74, 6) is 1.00. The van der Waals surface area contributed by atoms with E-state index in [0.717, 1.165) is 55.0 Å². The molecular formula is C39H24ClN5. The van der Waals surface area contributed by atoms with Crippen LogP contribution in [0.15, 0.2) is 146 Å². The van der Waals surface area contributed by atoms with E-state index in [4.69, 9.17) is 21.6 Å². The van der Waals surface area contributed by atoms with Crippen molar-refractivity contribution < 1.29 is 0 Å². The fraction of sp³-hybridized carbons (Fsp3) is 0. The topological polar surface area (TPSA) is 48.5 Å². The van der Waals surface area contributed by atoms with Crippen LogP contribution < -0.4 is 0 Å².